The standard InChI is InChI=1S/C13H23N3O2.ClH/c1-14-9-11-3-2-6-15(10-11)7-8-16-12(17)4-5-13(16)18;/h11,14H,2-10H2,1H3;1H. The Morgan fingerprint density at radius 2 is 1.89 bits per heavy atom. The van der Waals surface area contributed by atoms with E-state index in [1.807, 2.05) is 7.05 Å². The third-order valence-corrected chi connectivity index (χ3v) is 3.89. The lowest BCUT2D eigenvalue weighted by atomic mass is 9.98. The van der Waals surface area contributed by atoms with E-state index in [1.54, 1.807) is 0 Å². The molecule has 0 aromatic carbocycles. The van der Waals surface area contributed by atoms with E-state index in [1.165, 1.54) is 17.7 Å². The van der Waals surface area contributed by atoms with Crippen LogP contribution in [0.5, 0.6) is 0 Å². The third kappa shape index (κ3) is 4.44. The molecule has 2 aliphatic heterocycles. The predicted molar refractivity (Wildman–Crippen MR) is 76.3 cm³/mol. The van der Waals surface area contributed by atoms with Gasteiger partial charge in [0.05, 0.1) is 0 Å². The maximum atomic E-state index is 11.5. The number of carbonyl (C=O) groups excluding carboxylic acids is 2. The van der Waals surface area contributed by atoms with Crippen LogP contribution in [0.15, 0.2) is 0 Å². The Kier molecular flexibility index (Phi) is 6.75. The van der Waals surface area contributed by atoms with Gasteiger partial charge in [-0.3, -0.25) is 14.5 Å². The first-order chi connectivity index (χ1) is 8.70. The van der Waals surface area contributed by atoms with Gasteiger partial charge in [0, 0.05) is 32.5 Å². The fraction of sp³-hybridized carbons (Fsp3) is 0.846. The molecule has 2 amide bonds. The van der Waals surface area contributed by atoms with Gasteiger partial charge in [-0.05, 0) is 38.9 Å². The number of piperidine rings is 1. The number of halogens is 1. The van der Waals surface area contributed by atoms with Crippen LogP contribution in [0.4, 0.5) is 0 Å². The molecule has 110 valence electrons. The van der Waals surface area contributed by atoms with Crippen LogP contribution in [-0.2, 0) is 9.59 Å². The zero-order valence-electron chi connectivity index (χ0n) is 11.6. The minimum absolute atomic E-state index is 0. The highest BCUT2D eigenvalue weighted by molar-refractivity contribution is 6.01. The normalized spacial score (nSPS) is 24.7. The van der Waals surface area contributed by atoms with E-state index in [2.05, 4.69) is 10.2 Å². The molecule has 19 heavy (non-hydrogen) atoms. The highest BCUT2D eigenvalue weighted by atomic mass is 35.5. The molecule has 1 unspecified atom stereocenters. The second-order valence-electron chi connectivity index (χ2n) is 5.31. The van der Waals surface area contributed by atoms with E-state index in [-0.39, 0.29) is 24.2 Å². The van der Waals surface area contributed by atoms with Crippen LogP contribution < -0.4 is 5.32 Å². The molecule has 0 spiro atoms. The average molecular weight is 290 g/mol. The second-order valence-corrected chi connectivity index (χ2v) is 5.31. The molecule has 0 bridgehead atoms. The number of hydrogen-bond acceptors (Lipinski definition) is 4. The molecule has 2 saturated heterocycles. The van der Waals surface area contributed by atoms with Crippen molar-refractivity contribution in [1.29, 1.82) is 0 Å². The van der Waals surface area contributed by atoms with Crippen LogP contribution in [0, 0.1) is 5.92 Å². The van der Waals surface area contributed by atoms with E-state index in [4.69, 9.17) is 0 Å². The average Bonchev–Trinajstić information content (AvgIpc) is 2.68. The van der Waals surface area contributed by atoms with Crippen LogP contribution in [0.3, 0.4) is 0 Å². The first kappa shape index (κ1) is 16.4. The predicted octanol–water partition coefficient (Wildman–Crippen LogP) is 0.489. The smallest absolute Gasteiger partial charge is 0.229 e. The maximum Gasteiger partial charge on any atom is 0.229 e. The van der Waals surface area contributed by atoms with Crippen molar-refractivity contribution in [1.82, 2.24) is 15.1 Å². The highest BCUT2D eigenvalue weighted by Crippen LogP contribution is 2.16. The molecule has 2 rings (SSSR count). The molecule has 2 fully saturated rings. The summed E-state index contributed by atoms with van der Waals surface area (Å²) in [5.41, 5.74) is 0. The summed E-state index contributed by atoms with van der Waals surface area (Å²) in [6.45, 7) is 4.63. The van der Waals surface area contributed by atoms with Crippen molar-refractivity contribution in [2.45, 2.75) is 25.7 Å². The van der Waals surface area contributed by atoms with Crippen molar-refractivity contribution in [2.75, 3.05) is 39.8 Å². The van der Waals surface area contributed by atoms with Crippen LogP contribution in [0.1, 0.15) is 25.7 Å². The fourth-order valence-corrected chi connectivity index (χ4v) is 2.92. The first-order valence-electron chi connectivity index (χ1n) is 6.91. The summed E-state index contributed by atoms with van der Waals surface area (Å²) in [5.74, 6) is 0.710. The van der Waals surface area contributed by atoms with E-state index in [0.717, 1.165) is 26.2 Å². The number of hydrogen-bond donors (Lipinski definition) is 1. The Hall–Kier alpha value is -0.650. The molecular weight excluding hydrogens is 266 g/mol. The lowest BCUT2D eigenvalue weighted by Gasteiger charge is -2.33. The van der Waals surface area contributed by atoms with Crippen LogP contribution in [0.2, 0.25) is 0 Å². The van der Waals surface area contributed by atoms with Crippen LogP contribution >= 0.6 is 12.4 Å². The van der Waals surface area contributed by atoms with Crippen molar-refractivity contribution in [2.24, 2.45) is 5.92 Å². The lowest BCUT2D eigenvalue weighted by Crippen LogP contribution is -2.43. The maximum absolute atomic E-state index is 11.5. The highest BCUT2D eigenvalue weighted by Gasteiger charge is 2.29. The van der Waals surface area contributed by atoms with Crippen molar-refractivity contribution < 1.29 is 9.59 Å². The molecule has 0 radical (unpaired) electrons. The number of nitrogens with zero attached hydrogens (tertiary/aromatic N) is 2. The molecule has 2 heterocycles. The van der Waals surface area contributed by atoms with E-state index >= 15 is 0 Å². The van der Waals surface area contributed by atoms with Gasteiger partial charge in [0.15, 0.2) is 0 Å². The van der Waals surface area contributed by atoms with Gasteiger partial charge in [0.25, 0.3) is 0 Å². The minimum atomic E-state index is 0. The Morgan fingerprint density at radius 3 is 2.53 bits per heavy atom. The number of rotatable bonds is 5. The van der Waals surface area contributed by atoms with Gasteiger partial charge in [-0.25, -0.2) is 0 Å². The van der Waals surface area contributed by atoms with Gasteiger partial charge < -0.3 is 10.2 Å². The summed E-state index contributed by atoms with van der Waals surface area (Å²) in [4.78, 5) is 26.8. The van der Waals surface area contributed by atoms with E-state index in [9.17, 15) is 9.59 Å². The number of imide groups is 1. The molecule has 0 aliphatic carbocycles. The third-order valence-electron chi connectivity index (χ3n) is 3.89. The summed E-state index contributed by atoms with van der Waals surface area (Å²) >= 11 is 0. The monoisotopic (exact) mass is 289 g/mol. The van der Waals surface area contributed by atoms with Gasteiger partial charge in [0.2, 0.25) is 11.8 Å². The fourth-order valence-electron chi connectivity index (χ4n) is 2.92. The Balaban J connectivity index is 0.00000180. The molecule has 6 heteroatoms. The molecule has 2 aliphatic rings. The van der Waals surface area contributed by atoms with Gasteiger partial charge in [-0.2, -0.15) is 0 Å². The van der Waals surface area contributed by atoms with Crippen LogP contribution in [0.25, 0.3) is 0 Å². The molecule has 1 N–H and O–H groups in total. The number of carbonyl (C=O) groups is 2. The largest absolute Gasteiger partial charge is 0.319 e. The first-order valence-corrected chi connectivity index (χ1v) is 6.91. The molecule has 1 atom stereocenters. The topological polar surface area (TPSA) is 52.6 Å². The lowest BCUT2D eigenvalue weighted by molar-refractivity contribution is -0.138. The number of likely N-dealkylation sites (tertiary alicyclic amines) is 2. The van der Waals surface area contributed by atoms with E-state index < -0.39 is 0 Å². The summed E-state index contributed by atoms with van der Waals surface area (Å²) in [7, 11) is 1.99. The SMILES string of the molecule is CNCC1CCCN(CCN2C(=O)CCC2=O)C1.Cl. The number of amides is 2. The summed E-state index contributed by atoms with van der Waals surface area (Å²) in [5, 5.41) is 3.22. The molecule has 0 aromatic rings. The molecule has 5 nitrogen and oxygen atoms in total. The number of nitrogens with one attached hydrogen (secondary N) is 1. The minimum Gasteiger partial charge on any atom is -0.319 e. The molecular formula is C13H24ClN3O2. The molecule has 0 saturated carbocycles. The van der Waals surface area contributed by atoms with Crippen molar-refractivity contribution in [3.8, 4) is 0 Å². The van der Waals surface area contributed by atoms with Gasteiger partial charge in [-0.15, -0.1) is 12.4 Å². The summed E-state index contributed by atoms with van der Waals surface area (Å²) in [6.07, 6.45) is 3.30. The summed E-state index contributed by atoms with van der Waals surface area (Å²) < 4.78 is 0. The second kappa shape index (κ2) is 7.82. The van der Waals surface area contributed by atoms with Crippen LogP contribution in [-0.4, -0.2) is 61.4 Å². The Morgan fingerprint density at radius 1 is 1.21 bits per heavy atom. The van der Waals surface area contributed by atoms with Crippen molar-refractivity contribution >= 4 is 24.2 Å². The summed E-state index contributed by atoms with van der Waals surface area (Å²) in [6, 6.07) is 0. The Bertz CT molecular complexity index is 307. The van der Waals surface area contributed by atoms with Gasteiger partial charge in [-0.1, -0.05) is 0 Å². The zero-order chi connectivity index (χ0) is 13.0. The quantitative estimate of drug-likeness (QED) is 0.749. The molecule has 0 aromatic heterocycles. The van der Waals surface area contributed by atoms with E-state index in [0.29, 0.717) is 25.3 Å². The Labute approximate surface area is 121 Å². The van der Waals surface area contributed by atoms with Crippen molar-refractivity contribution in [3.63, 3.8) is 0 Å². The van der Waals surface area contributed by atoms with Gasteiger partial charge in [0.1, 0.15) is 0 Å². The van der Waals surface area contributed by atoms with Crippen molar-refractivity contribution in [3.05, 3.63) is 0 Å². The van der Waals surface area contributed by atoms with Gasteiger partial charge >= 0.3 is 0 Å². The zero-order valence-corrected chi connectivity index (χ0v) is 12.4.